The van der Waals surface area contributed by atoms with E-state index in [1.54, 1.807) is 0 Å². The van der Waals surface area contributed by atoms with E-state index in [1.807, 2.05) is 0 Å². The molecule has 0 bridgehead atoms. The van der Waals surface area contributed by atoms with Crippen molar-refractivity contribution in [2.24, 2.45) is 5.73 Å². The Labute approximate surface area is 79.8 Å². The topological polar surface area (TPSA) is 87.3 Å². The van der Waals surface area contributed by atoms with Crippen molar-refractivity contribution in [1.29, 1.82) is 0 Å². The van der Waals surface area contributed by atoms with Gasteiger partial charge in [0.15, 0.2) is 0 Å². The van der Waals surface area contributed by atoms with Gasteiger partial charge in [0.2, 0.25) is 5.91 Å². The third-order valence-corrected chi connectivity index (χ3v) is 1.50. The number of rotatable bonds is 1. The summed E-state index contributed by atoms with van der Waals surface area (Å²) in [4.78, 5) is 10.5. The summed E-state index contributed by atoms with van der Waals surface area (Å²) >= 11 is 0. The molecule has 1 fully saturated rings. The Morgan fingerprint density at radius 3 is 2.17 bits per heavy atom. The molecule has 1 heterocycles. The number of amides is 1. The van der Waals surface area contributed by atoms with Crippen molar-refractivity contribution in [3.05, 3.63) is 0 Å². The average Bonchev–Trinajstić information content (AvgIpc) is 1.90. The zero-order valence-corrected chi connectivity index (χ0v) is 10.2. The summed E-state index contributed by atoms with van der Waals surface area (Å²) < 4.78 is 5.06. The smallest absolute Gasteiger partial charge is 0.246 e. The highest BCUT2D eigenvalue weighted by Crippen LogP contribution is 2.11. The maximum Gasteiger partial charge on any atom is 0.246 e. The van der Waals surface area contributed by atoms with Crippen molar-refractivity contribution in [3.8, 4) is 0 Å². The summed E-state index contributed by atoms with van der Waals surface area (Å²) in [7, 11) is 0. The first-order chi connectivity index (χ1) is 4.30. The lowest BCUT2D eigenvalue weighted by molar-refractivity contribution is -0.132. The molecule has 0 aromatic rings. The van der Waals surface area contributed by atoms with Crippen LogP contribution in [0.3, 0.4) is 0 Å². The van der Waals surface area contributed by atoms with Gasteiger partial charge >= 0.3 is 0 Å². The van der Waals surface area contributed by atoms with Gasteiger partial charge in [0.1, 0.15) is 6.10 Å². The highest BCUT2D eigenvalue weighted by molar-refractivity contribution is 6.92. The molecule has 3 unspecified atom stereocenters. The zero-order valence-electron chi connectivity index (χ0n) is 7.42. The quantitative estimate of drug-likeness (QED) is 0.616. The van der Waals surface area contributed by atoms with Crippen LogP contribution in [0.2, 0.25) is 0 Å². The van der Waals surface area contributed by atoms with E-state index in [2.05, 4.69) is 0 Å². The van der Waals surface area contributed by atoms with Crippen LogP contribution in [0.5, 0.6) is 0 Å². The van der Waals surface area contributed by atoms with Crippen molar-refractivity contribution in [3.63, 3.8) is 0 Å². The van der Waals surface area contributed by atoms with Crippen molar-refractivity contribution in [2.75, 3.05) is 6.61 Å². The Kier molecular flexibility index (Phi) is 14.1. The first-order valence-electron chi connectivity index (χ1n) is 3.21. The number of hydrogen-bond donors (Lipinski definition) is 2. The first kappa shape index (κ1) is 18.1. The Bertz CT molecular complexity index is 118. The highest BCUT2D eigenvalue weighted by Gasteiger charge is 2.18. The van der Waals surface area contributed by atoms with Gasteiger partial charge in [-0.15, -0.1) is 0 Å². The molecule has 0 aliphatic carbocycles. The molecule has 1 aliphatic heterocycles. The van der Waals surface area contributed by atoms with E-state index in [4.69, 9.17) is 10.5 Å². The molecule has 0 saturated carbocycles. The minimum absolute atomic E-state index is 0. The number of nitrogens with two attached hydrogens (primary N) is 1. The second kappa shape index (κ2) is 9.34. The van der Waals surface area contributed by atoms with Crippen LogP contribution in [0.1, 0.15) is 19.3 Å². The summed E-state index contributed by atoms with van der Waals surface area (Å²) in [6.07, 6.45) is 2.62. The van der Waals surface area contributed by atoms with Crippen LogP contribution < -0.4 is 11.9 Å². The van der Waals surface area contributed by atoms with E-state index in [1.165, 1.54) is 0 Å². The van der Waals surface area contributed by atoms with Gasteiger partial charge < -0.3 is 16.6 Å². The lowest BCUT2D eigenvalue weighted by Gasteiger charge is -2.18. The second-order valence-electron chi connectivity index (χ2n) is 2.26. The van der Waals surface area contributed by atoms with E-state index in [0.29, 0.717) is 6.61 Å². The molecule has 0 aromatic carbocycles. The van der Waals surface area contributed by atoms with Crippen molar-refractivity contribution >= 4 is 25.7 Å². The van der Waals surface area contributed by atoms with Crippen LogP contribution >= 0.6 is 19.8 Å². The van der Waals surface area contributed by atoms with Crippen LogP contribution in [-0.4, -0.2) is 18.6 Å². The molecule has 12 heavy (non-hydrogen) atoms. The molecule has 1 aliphatic rings. The fourth-order valence-corrected chi connectivity index (χ4v) is 0.965. The SMILES string of the molecule is N.NC(=O)C1CCCCO1.P.P. The predicted molar refractivity (Wildman–Crippen MR) is 60.0 cm³/mol. The molecule has 5 N–H and O–H groups in total. The molecule has 76 valence electrons. The molecule has 0 radical (unpaired) electrons. The van der Waals surface area contributed by atoms with E-state index < -0.39 is 0 Å². The first-order valence-corrected chi connectivity index (χ1v) is 3.21. The van der Waals surface area contributed by atoms with Gasteiger partial charge in [0.25, 0.3) is 0 Å². The number of primary amides is 1. The maximum absolute atomic E-state index is 10.5. The van der Waals surface area contributed by atoms with E-state index in [-0.39, 0.29) is 38.0 Å². The predicted octanol–water partition coefficient (Wildman–Crippen LogP) is 0.319. The lowest BCUT2D eigenvalue weighted by atomic mass is 10.1. The maximum atomic E-state index is 10.5. The molecule has 0 aromatic heterocycles. The van der Waals surface area contributed by atoms with E-state index >= 15 is 0 Å². The van der Waals surface area contributed by atoms with Gasteiger partial charge in [0, 0.05) is 6.61 Å². The number of hydrogen-bond acceptors (Lipinski definition) is 3. The average molecular weight is 214 g/mol. The van der Waals surface area contributed by atoms with Crippen molar-refractivity contribution in [1.82, 2.24) is 6.15 Å². The monoisotopic (exact) mass is 214 g/mol. The van der Waals surface area contributed by atoms with Crippen LogP contribution in [-0.2, 0) is 9.53 Å². The highest BCUT2D eigenvalue weighted by atomic mass is 31.0. The number of ether oxygens (including phenoxy) is 1. The standard InChI is InChI=1S/C6H11NO2.H3N.2H3P/c7-6(8)5-3-1-2-4-9-5;;;/h5H,1-4H2,(H2,7,8);3*1H3. The second-order valence-corrected chi connectivity index (χ2v) is 2.26. The van der Waals surface area contributed by atoms with Gasteiger partial charge in [-0.2, -0.15) is 19.8 Å². The third kappa shape index (κ3) is 5.84. The summed E-state index contributed by atoms with van der Waals surface area (Å²) in [5.41, 5.74) is 5.00. The zero-order chi connectivity index (χ0) is 6.69. The van der Waals surface area contributed by atoms with Crippen LogP contribution in [0.15, 0.2) is 0 Å². The van der Waals surface area contributed by atoms with Gasteiger partial charge in [-0.25, -0.2) is 0 Å². The van der Waals surface area contributed by atoms with E-state index in [0.717, 1.165) is 19.3 Å². The van der Waals surface area contributed by atoms with Crippen LogP contribution in [0, 0.1) is 0 Å². The summed E-state index contributed by atoms with van der Waals surface area (Å²) in [6.45, 7) is 0.688. The van der Waals surface area contributed by atoms with Gasteiger partial charge in [-0.1, -0.05) is 0 Å². The van der Waals surface area contributed by atoms with Gasteiger partial charge in [0.05, 0.1) is 0 Å². The Hall–Kier alpha value is 0.250. The van der Waals surface area contributed by atoms with Crippen LogP contribution in [0.4, 0.5) is 0 Å². The van der Waals surface area contributed by atoms with Crippen molar-refractivity contribution < 1.29 is 9.53 Å². The molecule has 4 nitrogen and oxygen atoms in total. The summed E-state index contributed by atoms with van der Waals surface area (Å²) in [5, 5.41) is 0. The molecule has 3 atom stereocenters. The fraction of sp³-hybridized carbons (Fsp3) is 0.833. The summed E-state index contributed by atoms with van der Waals surface area (Å²) in [5.74, 6) is -0.324. The number of carbonyl (C=O) groups is 1. The Morgan fingerprint density at radius 2 is 1.92 bits per heavy atom. The molecular formula is C6H20N2O2P2. The minimum atomic E-state index is -0.324. The number of carbonyl (C=O) groups excluding carboxylic acids is 1. The van der Waals surface area contributed by atoms with Gasteiger partial charge in [-0.3, -0.25) is 4.79 Å². The van der Waals surface area contributed by atoms with Gasteiger partial charge in [-0.05, 0) is 19.3 Å². The normalized spacial score (nSPS) is 20.8. The molecule has 1 rings (SSSR count). The Morgan fingerprint density at radius 1 is 1.33 bits per heavy atom. The summed E-state index contributed by atoms with van der Waals surface area (Å²) in [6, 6.07) is 0. The molecule has 1 saturated heterocycles. The van der Waals surface area contributed by atoms with Crippen LogP contribution in [0.25, 0.3) is 0 Å². The largest absolute Gasteiger partial charge is 0.368 e. The molecule has 0 spiro atoms. The minimum Gasteiger partial charge on any atom is -0.368 e. The third-order valence-electron chi connectivity index (χ3n) is 1.50. The lowest BCUT2D eigenvalue weighted by Crippen LogP contribution is -2.33. The van der Waals surface area contributed by atoms with Crippen molar-refractivity contribution in [2.45, 2.75) is 25.4 Å². The molecule has 1 amide bonds. The molecular weight excluding hydrogens is 194 g/mol. The van der Waals surface area contributed by atoms with E-state index in [9.17, 15) is 4.79 Å². The fourth-order valence-electron chi connectivity index (χ4n) is 0.965. The Balaban J connectivity index is -0.000000270. The molecule has 6 heteroatoms.